The Hall–Kier alpha value is -1.10. The molecule has 0 rings (SSSR count). The van der Waals surface area contributed by atoms with Gasteiger partial charge in [-0.1, -0.05) is 0 Å². The van der Waals surface area contributed by atoms with Crippen LogP contribution in [0.25, 0.3) is 0 Å². The SMILES string of the molecule is CCN(C(=O)C(C)(C)C(=O)O)C(C)CN(C)C. The summed E-state index contributed by atoms with van der Waals surface area (Å²) in [7, 11) is 3.86. The number of carbonyl (C=O) groups is 2. The lowest BCUT2D eigenvalue weighted by atomic mass is 9.91. The van der Waals surface area contributed by atoms with Gasteiger partial charge < -0.3 is 14.9 Å². The highest BCUT2D eigenvalue weighted by molar-refractivity contribution is 6.01. The van der Waals surface area contributed by atoms with Gasteiger partial charge >= 0.3 is 5.97 Å². The number of carboxylic acid groups (broad SMARTS) is 1. The molecule has 0 aliphatic rings. The van der Waals surface area contributed by atoms with Gasteiger partial charge in [0.1, 0.15) is 5.41 Å². The summed E-state index contributed by atoms with van der Waals surface area (Å²) in [4.78, 5) is 26.9. The second kappa shape index (κ2) is 6.00. The molecule has 0 radical (unpaired) electrons. The van der Waals surface area contributed by atoms with Crippen LogP contribution in [0.3, 0.4) is 0 Å². The van der Waals surface area contributed by atoms with Crippen LogP contribution in [0, 0.1) is 5.41 Å². The standard InChI is InChI=1S/C12H24N2O3/c1-7-14(9(2)8-13(5)6)10(15)12(3,4)11(16)17/h9H,7-8H2,1-6H3,(H,16,17). The van der Waals surface area contributed by atoms with E-state index >= 15 is 0 Å². The zero-order chi connectivity index (χ0) is 13.8. The van der Waals surface area contributed by atoms with E-state index in [9.17, 15) is 9.59 Å². The lowest BCUT2D eigenvalue weighted by Crippen LogP contribution is -2.51. The highest BCUT2D eigenvalue weighted by atomic mass is 16.4. The van der Waals surface area contributed by atoms with Crippen LogP contribution in [0.2, 0.25) is 0 Å². The van der Waals surface area contributed by atoms with Crippen LogP contribution in [0.4, 0.5) is 0 Å². The van der Waals surface area contributed by atoms with Crippen molar-refractivity contribution in [2.75, 3.05) is 27.2 Å². The molecule has 0 fully saturated rings. The smallest absolute Gasteiger partial charge is 0.318 e. The van der Waals surface area contributed by atoms with Gasteiger partial charge in [0.15, 0.2) is 0 Å². The molecule has 1 atom stereocenters. The number of likely N-dealkylation sites (N-methyl/N-ethyl adjacent to an activating group) is 2. The van der Waals surface area contributed by atoms with Crippen LogP contribution >= 0.6 is 0 Å². The average Bonchev–Trinajstić information content (AvgIpc) is 2.16. The first-order valence-electron chi connectivity index (χ1n) is 5.83. The van der Waals surface area contributed by atoms with Gasteiger partial charge in [0.05, 0.1) is 0 Å². The molecule has 0 aliphatic heterocycles. The van der Waals surface area contributed by atoms with Gasteiger partial charge in [-0.3, -0.25) is 9.59 Å². The summed E-state index contributed by atoms with van der Waals surface area (Å²) in [6.45, 7) is 7.92. The van der Waals surface area contributed by atoms with Crippen molar-refractivity contribution in [3.05, 3.63) is 0 Å². The van der Waals surface area contributed by atoms with Gasteiger partial charge in [0.25, 0.3) is 0 Å². The summed E-state index contributed by atoms with van der Waals surface area (Å²) in [6, 6.07) is 0.00104. The van der Waals surface area contributed by atoms with Gasteiger partial charge in [-0.2, -0.15) is 0 Å². The molecule has 17 heavy (non-hydrogen) atoms. The summed E-state index contributed by atoms with van der Waals surface area (Å²) in [5.41, 5.74) is -1.36. The summed E-state index contributed by atoms with van der Waals surface area (Å²) in [5, 5.41) is 9.06. The van der Waals surface area contributed by atoms with Crippen LogP contribution in [-0.2, 0) is 9.59 Å². The van der Waals surface area contributed by atoms with E-state index in [2.05, 4.69) is 0 Å². The van der Waals surface area contributed by atoms with E-state index in [1.54, 1.807) is 4.90 Å². The van der Waals surface area contributed by atoms with Crippen molar-refractivity contribution >= 4 is 11.9 Å². The molecule has 0 saturated carbocycles. The maximum Gasteiger partial charge on any atom is 0.318 e. The molecular weight excluding hydrogens is 220 g/mol. The van der Waals surface area contributed by atoms with Crippen molar-refractivity contribution in [2.24, 2.45) is 5.41 Å². The largest absolute Gasteiger partial charge is 0.480 e. The number of aliphatic carboxylic acids is 1. The summed E-state index contributed by atoms with van der Waals surface area (Å²) >= 11 is 0. The Kier molecular flexibility index (Phi) is 5.61. The molecule has 0 aromatic carbocycles. The Labute approximate surface area is 103 Å². The van der Waals surface area contributed by atoms with E-state index in [0.29, 0.717) is 6.54 Å². The van der Waals surface area contributed by atoms with Crippen molar-refractivity contribution in [1.82, 2.24) is 9.80 Å². The molecule has 0 saturated heterocycles. The molecule has 0 aromatic rings. The van der Waals surface area contributed by atoms with Crippen molar-refractivity contribution in [3.8, 4) is 0 Å². The number of rotatable bonds is 6. The second-order valence-electron chi connectivity index (χ2n) is 5.13. The molecule has 100 valence electrons. The first kappa shape index (κ1) is 15.9. The average molecular weight is 244 g/mol. The molecule has 0 bridgehead atoms. The van der Waals surface area contributed by atoms with Gasteiger partial charge in [0.2, 0.25) is 5.91 Å². The van der Waals surface area contributed by atoms with Gasteiger partial charge in [-0.25, -0.2) is 0 Å². The molecule has 0 heterocycles. The monoisotopic (exact) mass is 244 g/mol. The molecule has 1 N–H and O–H groups in total. The van der Waals surface area contributed by atoms with Crippen molar-refractivity contribution in [2.45, 2.75) is 33.7 Å². The fourth-order valence-electron chi connectivity index (χ4n) is 1.73. The summed E-state index contributed by atoms with van der Waals surface area (Å²) < 4.78 is 0. The van der Waals surface area contributed by atoms with E-state index in [1.165, 1.54) is 13.8 Å². The molecule has 1 amide bonds. The van der Waals surface area contributed by atoms with E-state index < -0.39 is 11.4 Å². The third-order valence-corrected chi connectivity index (χ3v) is 2.83. The number of hydrogen-bond donors (Lipinski definition) is 1. The van der Waals surface area contributed by atoms with Crippen LogP contribution in [0.1, 0.15) is 27.7 Å². The Balaban J connectivity index is 4.89. The number of hydrogen-bond acceptors (Lipinski definition) is 3. The zero-order valence-corrected chi connectivity index (χ0v) is 11.6. The minimum absolute atomic E-state index is 0.00104. The fourth-order valence-corrected chi connectivity index (χ4v) is 1.73. The van der Waals surface area contributed by atoms with Crippen LogP contribution in [-0.4, -0.2) is 60.0 Å². The van der Waals surface area contributed by atoms with Crippen LogP contribution < -0.4 is 0 Å². The summed E-state index contributed by atoms with van der Waals surface area (Å²) in [5.74, 6) is -1.42. The molecule has 5 heteroatoms. The number of amides is 1. The maximum atomic E-state index is 12.2. The second-order valence-corrected chi connectivity index (χ2v) is 5.13. The van der Waals surface area contributed by atoms with Gasteiger partial charge in [-0.15, -0.1) is 0 Å². The predicted molar refractivity (Wildman–Crippen MR) is 66.8 cm³/mol. The van der Waals surface area contributed by atoms with E-state index in [0.717, 1.165) is 6.54 Å². The first-order valence-corrected chi connectivity index (χ1v) is 5.83. The molecule has 1 unspecified atom stereocenters. The Morgan fingerprint density at radius 2 is 1.76 bits per heavy atom. The molecule has 0 aliphatic carbocycles. The van der Waals surface area contributed by atoms with Gasteiger partial charge in [-0.05, 0) is 41.8 Å². The van der Waals surface area contributed by atoms with Gasteiger partial charge in [0, 0.05) is 19.1 Å². The number of nitrogens with zero attached hydrogens (tertiary/aromatic N) is 2. The fraction of sp³-hybridized carbons (Fsp3) is 0.833. The molecule has 0 spiro atoms. The van der Waals surface area contributed by atoms with E-state index in [4.69, 9.17) is 5.11 Å². The minimum atomic E-state index is -1.36. The Bertz CT molecular complexity index is 287. The molecule has 5 nitrogen and oxygen atoms in total. The Morgan fingerprint density at radius 1 is 1.29 bits per heavy atom. The maximum absolute atomic E-state index is 12.2. The summed E-state index contributed by atoms with van der Waals surface area (Å²) in [6.07, 6.45) is 0. The minimum Gasteiger partial charge on any atom is -0.480 e. The third-order valence-electron chi connectivity index (χ3n) is 2.83. The lowest BCUT2D eigenvalue weighted by molar-refractivity contribution is -0.159. The third kappa shape index (κ3) is 4.00. The lowest BCUT2D eigenvalue weighted by Gasteiger charge is -2.34. The highest BCUT2D eigenvalue weighted by Crippen LogP contribution is 2.20. The number of carbonyl (C=O) groups excluding carboxylic acids is 1. The predicted octanol–water partition coefficient (Wildman–Crippen LogP) is 0.896. The van der Waals surface area contributed by atoms with Crippen molar-refractivity contribution < 1.29 is 14.7 Å². The quantitative estimate of drug-likeness (QED) is 0.705. The molecular formula is C12H24N2O3. The number of carboxylic acids is 1. The highest BCUT2D eigenvalue weighted by Gasteiger charge is 2.40. The van der Waals surface area contributed by atoms with Crippen molar-refractivity contribution in [3.63, 3.8) is 0 Å². The zero-order valence-electron chi connectivity index (χ0n) is 11.6. The normalized spacial score (nSPS) is 13.6. The van der Waals surface area contributed by atoms with Crippen LogP contribution in [0.5, 0.6) is 0 Å². The van der Waals surface area contributed by atoms with E-state index in [1.807, 2.05) is 32.8 Å². The topological polar surface area (TPSA) is 60.9 Å². The first-order chi connectivity index (χ1) is 7.64. The molecule has 0 aromatic heterocycles. The van der Waals surface area contributed by atoms with Crippen LogP contribution in [0.15, 0.2) is 0 Å². The van der Waals surface area contributed by atoms with E-state index in [-0.39, 0.29) is 11.9 Å². The Morgan fingerprint density at radius 3 is 2.06 bits per heavy atom. The van der Waals surface area contributed by atoms with Crippen molar-refractivity contribution in [1.29, 1.82) is 0 Å².